The zero-order chi connectivity index (χ0) is 45.9. The highest BCUT2D eigenvalue weighted by Gasteiger charge is 2.44. The Morgan fingerprint density at radius 1 is 0.540 bits per heavy atom. The van der Waals surface area contributed by atoms with Crippen LogP contribution < -0.4 is 5.32 Å². The highest BCUT2D eigenvalue weighted by atomic mass is 16.7. The van der Waals surface area contributed by atoms with E-state index in [2.05, 4.69) is 43.5 Å². The summed E-state index contributed by atoms with van der Waals surface area (Å²) in [6, 6.07) is -0.719. The van der Waals surface area contributed by atoms with Crippen LogP contribution in [0, 0.1) is 0 Å². The molecule has 1 aliphatic heterocycles. The topological polar surface area (TPSA) is 149 Å². The molecule has 63 heavy (non-hydrogen) atoms. The van der Waals surface area contributed by atoms with Gasteiger partial charge in [0.2, 0.25) is 5.91 Å². The van der Waals surface area contributed by atoms with Crippen LogP contribution in [0.15, 0.2) is 24.3 Å². The number of unbranched alkanes of at least 4 members (excludes halogenated alkanes) is 33. The van der Waals surface area contributed by atoms with Crippen LogP contribution in [0.3, 0.4) is 0 Å². The van der Waals surface area contributed by atoms with Gasteiger partial charge in [0.25, 0.3) is 0 Å². The molecule has 1 fully saturated rings. The molecule has 0 aromatic rings. The van der Waals surface area contributed by atoms with E-state index in [1.165, 1.54) is 186 Å². The predicted molar refractivity (Wildman–Crippen MR) is 263 cm³/mol. The van der Waals surface area contributed by atoms with Crippen LogP contribution in [-0.2, 0) is 14.3 Å². The lowest BCUT2D eigenvalue weighted by molar-refractivity contribution is -0.302. The third-order valence-electron chi connectivity index (χ3n) is 13.1. The van der Waals surface area contributed by atoms with Gasteiger partial charge in [-0.15, -0.1) is 0 Å². The third-order valence-corrected chi connectivity index (χ3v) is 13.1. The zero-order valence-corrected chi connectivity index (χ0v) is 41.1. The largest absolute Gasteiger partial charge is 0.394 e. The van der Waals surface area contributed by atoms with Crippen molar-refractivity contribution in [2.24, 2.45) is 0 Å². The number of allylic oxidation sites excluding steroid dienone is 4. The Morgan fingerprint density at radius 3 is 1.37 bits per heavy atom. The van der Waals surface area contributed by atoms with Crippen LogP contribution in [0.1, 0.15) is 258 Å². The first-order chi connectivity index (χ1) is 30.8. The van der Waals surface area contributed by atoms with Crippen LogP contribution in [0.5, 0.6) is 0 Å². The maximum atomic E-state index is 13.0. The van der Waals surface area contributed by atoms with E-state index in [1.54, 1.807) is 0 Å². The molecule has 1 aliphatic rings. The van der Waals surface area contributed by atoms with Gasteiger partial charge in [0, 0.05) is 6.42 Å². The number of aliphatic hydroxyl groups excluding tert-OH is 5. The number of carbonyl (C=O) groups is 1. The normalized spacial score (nSPS) is 20.3. The molecule has 1 saturated heterocycles. The standard InChI is InChI=1S/C54H103NO8/c1-3-5-7-9-11-13-15-17-19-21-23-24-26-27-29-31-33-35-37-39-41-43-48(57)47(46-62-54-53(61)52(60)51(59)49(45-56)63-54)55-50(58)44-42-40-38-36-34-32-30-28-25-22-20-18-16-14-12-10-8-6-4-2/h12,14,16,18,47-49,51-54,56-57,59-61H,3-11,13,15,17,19-46H2,1-2H3,(H,55,58)/b14-12-,18-16-. The monoisotopic (exact) mass is 894 g/mol. The Bertz CT molecular complexity index is 1040. The number of rotatable bonds is 46. The number of ether oxygens (including phenoxy) is 2. The van der Waals surface area contributed by atoms with Gasteiger partial charge in [0.15, 0.2) is 6.29 Å². The fourth-order valence-electron chi connectivity index (χ4n) is 8.74. The molecular weight excluding hydrogens is 791 g/mol. The Hall–Kier alpha value is -1.33. The number of amides is 1. The first-order valence-corrected chi connectivity index (χ1v) is 27.1. The summed E-state index contributed by atoms with van der Waals surface area (Å²) in [7, 11) is 0. The molecule has 0 bridgehead atoms. The van der Waals surface area contributed by atoms with Gasteiger partial charge in [-0.25, -0.2) is 0 Å². The highest BCUT2D eigenvalue weighted by molar-refractivity contribution is 5.76. The molecule has 1 heterocycles. The Labute approximate surface area is 388 Å². The third kappa shape index (κ3) is 34.6. The minimum Gasteiger partial charge on any atom is -0.394 e. The van der Waals surface area contributed by atoms with E-state index >= 15 is 0 Å². The highest BCUT2D eigenvalue weighted by Crippen LogP contribution is 2.23. The van der Waals surface area contributed by atoms with E-state index in [9.17, 15) is 30.3 Å². The average molecular weight is 894 g/mol. The zero-order valence-electron chi connectivity index (χ0n) is 41.1. The summed E-state index contributed by atoms with van der Waals surface area (Å²) < 4.78 is 11.3. The maximum Gasteiger partial charge on any atom is 0.220 e. The lowest BCUT2D eigenvalue weighted by Crippen LogP contribution is -2.60. The number of carbonyl (C=O) groups excluding carboxylic acids is 1. The second-order valence-electron chi connectivity index (χ2n) is 19.1. The van der Waals surface area contributed by atoms with Crippen molar-refractivity contribution in [2.45, 2.75) is 301 Å². The van der Waals surface area contributed by atoms with Crippen LogP contribution in [0.4, 0.5) is 0 Å². The van der Waals surface area contributed by atoms with Gasteiger partial charge in [-0.1, -0.05) is 237 Å². The molecule has 0 aromatic carbocycles. The summed E-state index contributed by atoms with van der Waals surface area (Å²) in [4.78, 5) is 13.0. The fourth-order valence-corrected chi connectivity index (χ4v) is 8.74. The molecule has 6 N–H and O–H groups in total. The molecule has 7 atom stereocenters. The molecule has 9 heteroatoms. The van der Waals surface area contributed by atoms with Gasteiger partial charge < -0.3 is 40.3 Å². The van der Waals surface area contributed by atoms with E-state index in [0.717, 1.165) is 44.9 Å². The molecule has 7 unspecified atom stereocenters. The van der Waals surface area contributed by atoms with Gasteiger partial charge in [-0.2, -0.15) is 0 Å². The summed E-state index contributed by atoms with van der Waals surface area (Å²) in [5.74, 6) is -0.145. The lowest BCUT2D eigenvalue weighted by Gasteiger charge is -2.40. The molecule has 9 nitrogen and oxygen atoms in total. The summed E-state index contributed by atoms with van der Waals surface area (Å²) in [5, 5.41) is 54.6. The SMILES string of the molecule is CCCCC/C=C\C=C/CCCCCCCCCCCCC(=O)NC(COC1OC(CO)C(O)C(O)C1O)C(O)CCCCCCCCCCCCCCCCCCCCCCC. The van der Waals surface area contributed by atoms with E-state index in [1.807, 2.05) is 0 Å². The van der Waals surface area contributed by atoms with E-state index in [4.69, 9.17) is 9.47 Å². The van der Waals surface area contributed by atoms with Crippen molar-refractivity contribution in [3.05, 3.63) is 24.3 Å². The molecule has 1 amide bonds. The van der Waals surface area contributed by atoms with Crippen molar-refractivity contribution in [1.29, 1.82) is 0 Å². The van der Waals surface area contributed by atoms with E-state index in [0.29, 0.717) is 12.8 Å². The second kappa shape index (κ2) is 44.5. The Morgan fingerprint density at radius 2 is 0.921 bits per heavy atom. The first kappa shape index (κ1) is 59.7. The summed E-state index contributed by atoms with van der Waals surface area (Å²) in [5.41, 5.74) is 0. The van der Waals surface area contributed by atoms with Gasteiger partial charge in [-0.3, -0.25) is 4.79 Å². The molecule has 372 valence electrons. The van der Waals surface area contributed by atoms with Gasteiger partial charge in [0.05, 0.1) is 25.4 Å². The summed E-state index contributed by atoms with van der Waals surface area (Å²) in [6.07, 6.45) is 47.6. The van der Waals surface area contributed by atoms with Crippen LogP contribution in [0.2, 0.25) is 0 Å². The number of hydrogen-bond acceptors (Lipinski definition) is 8. The summed E-state index contributed by atoms with van der Waals surface area (Å²) >= 11 is 0. The fraction of sp³-hybridized carbons (Fsp3) is 0.907. The van der Waals surface area contributed by atoms with Crippen molar-refractivity contribution >= 4 is 5.91 Å². The molecule has 0 radical (unpaired) electrons. The van der Waals surface area contributed by atoms with Crippen molar-refractivity contribution in [1.82, 2.24) is 5.32 Å². The lowest BCUT2D eigenvalue weighted by atomic mass is 9.99. The molecule has 0 saturated carbocycles. The van der Waals surface area contributed by atoms with E-state index < -0.39 is 49.5 Å². The summed E-state index contributed by atoms with van der Waals surface area (Å²) in [6.45, 7) is 3.83. The van der Waals surface area contributed by atoms with Gasteiger partial charge in [0.1, 0.15) is 24.4 Å². The minimum atomic E-state index is -1.55. The van der Waals surface area contributed by atoms with Crippen molar-refractivity contribution in [3.63, 3.8) is 0 Å². The molecule has 0 aromatic heterocycles. The molecular formula is C54H103NO8. The molecule has 0 spiro atoms. The Kier molecular flexibility index (Phi) is 42.2. The van der Waals surface area contributed by atoms with Gasteiger partial charge in [-0.05, 0) is 38.5 Å². The van der Waals surface area contributed by atoms with Crippen molar-refractivity contribution in [2.75, 3.05) is 13.2 Å². The number of nitrogens with one attached hydrogen (secondary N) is 1. The van der Waals surface area contributed by atoms with Crippen molar-refractivity contribution in [3.8, 4) is 0 Å². The number of aliphatic hydroxyl groups is 5. The van der Waals surface area contributed by atoms with E-state index in [-0.39, 0.29) is 12.5 Å². The van der Waals surface area contributed by atoms with Crippen molar-refractivity contribution < 1.29 is 39.8 Å². The van der Waals surface area contributed by atoms with Crippen LogP contribution in [-0.4, -0.2) is 87.5 Å². The predicted octanol–water partition coefficient (Wildman–Crippen LogP) is 12.6. The minimum absolute atomic E-state index is 0.137. The van der Waals surface area contributed by atoms with Gasteiger partial charge >= 0.3 is 0 Å². The molecule has 0 aliphatic carbocycles. The second-order valence-corrected chi connectivity index (χ2v) is 19.1. The maximum absolute atomic E-state index is 13.0. The first-order valence-electron chi connectivity index (χ1n) is 27.1. The average Bonchev–Trinajstić information content (AvgIpc) is 3.28. The molecule has 1 rings (SSSR count). The van der Waals surface area contributed by atoms with Crippen LogP contribution in [0.25, 0.3) is 0 Å². The smallest absolute Gasteiger partial charge is 0.220 e. The number of hydrogen-bond donors (Lipinski definition) is 6. The quantitative estimate of drug-likeness (QED) is 0.0261. The Balaban J connectivity index is 2.24. The van der Waals surface area contributed by atoms with Crippen LogP contribution >= 0.6 is 0 Å².